The summed E-state index contributed by atoms with van der Waals surface area (Å²) in [6.07, 6.45) is 0.322. The van der Waals surface area contributed by atoms with Crippen molar-refractivity contribution in [3.8, 4) is 0 Å². The molecule has 0 unspecified atom stereocenters. The third-order valence-electron chi connectivity index (χ3n) is 1.52. The van der Waals surface area contributed by atoms with Crippen LogP contribution in [0.15, 0.2) is 4.99 Å². The number of carboxylic acid groups (broad SMARTS) is 2. The molecule has 0 aromatic heterocycles. The molecular weight excluding hydrogens is 232 g/mol. The number of carbonyl (C=O) groups is 3. The van der Waals surface area contributed by atoms with Crippen molar-refractivity contribution in [3.05, 3.63) is 0 Å². The van der Waals surface area contributed by atoms with Gasteiger partial charge < -0.3 is 14.9 Å². The first-order valence-corrected chi connectivity index (χ1v) is 4.81. The van der Waals surface area contributed by atoms with Gasteiger partial charge in [0, 0.05) is 12.8 Å². The summed E-state index contributed by atoms with van der Waals surface area (Å²) in [7, 11) is 0. The number of nitrogens with zero attached hydrogens (tertiary/aromatic N) is 2. The van der Waals surface area contributed by atoms with Gasteiger partial charge >= 0.3 is 18.0 Å². The molecule has 2 N–H and O–H groups in total. The molecule has 17 heavy (non-hydrogen) atoms. The van der Waals surface area contributed by atoms with Gasteiger partial charge in [0.1, 0.15) is 0 Å². The van der Waals surface area contributed by atoms with E-state index >= 15 is 0 Å². The van der Waals surface area contributed by atoms with Crippen molar-refractivity contribution >= 4 is 24.2 Å². The Labute approximate surface area is 97.5 Å². The van der Waals surface area contributed by atoms with E-state index in [0.717, 1.165) is 11.1 Å². The highest BCUT2D eigenvalue weighted by Gasteiger charge is 2.12. The largest absolute Gasteiger partial charge is 0.480 e. The normalized spacial score (nSPS) is 10.7. The second-order valence-electron chi connectivity index (χ2n) is 2.97. The standard InChI is InChI=1S/C9H14N2O6/c1-2-17-9(16)10-3-4-11(5-7(12)13)6-8(14)15/h3H,2,4-6H2,1H3,(H,12,13)(H,14,15). The van der Waals surface area contributed by atoms with Gasteiger partial charge in [-0.05, 0) is 6.92 Å². The molecule has 1 amide bonds. The Morgan fingerprint density at radius 3 is 2.18 bits per heavy atom. The Balaban J connectivity index is 4.19. The van der Waals surface area contributed by atoms with Crippen LogP contribution < -0.4 is 0 Å². The Morgan fingerprint density at radius 2 is 1.76 bits per heavy atom. The lowest BCUT2D eigenvalue weighted by Gasteiger charge is -2.14. The Bertz CT molecular complexity index is 299. The molecule has 8 heteroatoms. The lowest BCUT2D eigenvalue weighted by Crippen LogP contribution is -2.35. The predicted molar refractivity (Wildman–Crippen MR) is 57.2 cm³/mol. The second kappa shape index (κ2) is 8.22. The highest BCUT2D eigenvalue weighted by Crippen LogP contribution is 1.88. The molecule has 0 heterocycles. The number of ether oxygens (including phenoxy) is 1. The van der Waals surface area contributed by atoms with Crippen molar-refractivity contribution in [2.45, 2.75) is 6.92 Å². The van der Waals surface area contributed by atoms with Gasteiger partial charge in [0.15, 0.2) is 0 Å². The molecule has 0 aromatic carbocycles. The Morgan fingerprint density at radius 1 is 1.24 bits per heavy atom. The van der Waals surface area contributed by atoms with Crippen molar-refractivity contribution in [2.24, 2.45) is 4.99 Å². The zero-order chi connectivity index (χ0) is 13.3. The van der Waals surface area contributed by atoms with Crippen molar-refractivity contribution in [3.63, 3.8) is 0 Å². The molecule has 8 nitrogen and oxygen atoms in total. The molecule has 0 spiro atoms. The summed E-state index contributed by atoms with van der Waals surface area (Å²) in [5.74, 6) is -2.31. The van der Waals surface area contributed by atoms with E-state index in [9.17, 15) is 14.4 Å². The molecule has 0 rings (SSSR count). The van der Waals surface area contributed by atoms with Gasteiger partial charge in [-0.2, -0.15) is 4.99 Å². The molecule has 0 saturated carbocycles. The van der Waals surface area contributed by atoms with Crippen LogP contribution in [0.1, 0.15) is 6.92 Å². The van der Waals surface area contributed by atoms with Gasteiger partial charge in [0.2, 0.25) is 0 Å². The Kier molecular flexibility index (Phi) is 7.27. The zero-order valence-electron chi connectivity index (χ0n) is 9.33. The van der Waals surface area contributed by atoms with Crippen LogP contribution >= 0.6 is 0 Å². The van der Waals surface area contributed by atoms with Crippen LogP contribution in [0.25, 0.3) is 0 Å². The minimum Gasteiger partial charge on any atom is -0.480 e. The summed E-state index contributed by atoms with van der Waals surface area (Å²) in [6, 6.07) is 0. The van der Waals surface area contributed by atoms with E-state index < -0.39 is 31.1 Å². The van der Waals surface area contributed by atoms with Gasteiger partial charge in [-0.15, -0.1) is 0 Å². The number of rotatable bonds is 7. The molecular formula is C9H14N2O6. The summed E-state index contributed by atoms with van der Waals surface area (Å²) in [5.41, 5.74) is 0. The molecule has 0 radical (unpaired) electrons. The second-order valence-corrected chi connectivity index (χ2v) is 2.97. The maximum atomic E-state index is 10.8. The highest BCUT2D eigenvalue weighted by molar-refractivity contribution is 5.80. The smallest absolute Gasteiger partial charge is 0.433 e. The molecule has 0 saturated heterocycles. The number of amides is 1. The van der Waals surface area contributed by atoms with Crippen molar-refractivity contribution < 1.29 is 29.3 Å². The third kappa shape index (κ3) is 9.00. The van der Waals surface area contributed by atoms with E-state index in [0.29, 0.717) is 0 Å². The maximum Gasteiger partial charge on any atom is 0.433 e. The zero-order valence-corrected chi connectivity index (χ0v) is 9.33. The third-order valence-corrected chi connectivity index (χ3v) is 1.52. The van der Waals surface area contributed by atoms with Crippen LogP contribution in [-0.4, -0.2) is 65.6 Å². The highest BCUT2D eigenvalue weighted by atomic mass is 16.5. The van der Waals surface area contributed by atoms with E-state index in [-0.39, 0.29) is 13.2 Å². The molecule has 0 fully saturated rings. The van der Waals surface area contributed by atoms with Crippen LogP contribution in [-0.2, 0) is 14.3 Å². The topological polar surface area (TPSA) is 117 Å². The number of hydrogen-bond donors (Lipinski definition) is 2. The minimum absolute atomic E-state index is 0.0581. The Hall–Kier alpha value is -1.96. The van der Waals surface area contributed by atoms with E-state index in [1.165, 1.54) is 0 Å². The molecule has 0 aliphatic heterocycles. The number of carbonyl (C=O) groups excluding carboxylic acids is 1. The van der Waals surface area contributed by atoms with Crippen LogP contribution in [0.5, 0.6) is 0 Å². The van der Waals surface area contributed by atoms with Crippen molar-refractivity contribution in [1.82, 2.24) is 4.90 Å². The van der Waals surface area contributed by atoms with Gasteiger partial charge in [-0.1, -0.05) is 0 Å². The van der Waals surface area contributed by atoms with Crippen molar-refractivity contribution in [1.29, 1.82) is 0 Å². The lowest BCUT2D eigenvalue weighted by atomic mass is 10.4. The first kappa shape index (κ1) is 15.0. The lowest BCUT2D eigenvalue weighted by molar-refractivity contribution is -0.141. The number of aliphatic imine (C=N–C) groups is 1. The molecule has 0 aliphatic carbocycles. The van der Waals surface area contributed by atoms with Crippen LogP contribution in [0.2, 0.25) is 0 Å². The fraction of sp³-hybridized carbons (Fsp3) is 0.556. The molecule has 0 atom stereocenters. The SMILES string of the molecule is CCOC(=O)N=CCN(CC(=O)O)CC(=O)O. The minimum atomic E-state index is -1.16. The first-order chi connectivity index (χ1) is 7.95. The fourth-order valence-electron chi connectivity index (χ4n) is 0.959. The molecule has 0 aliphatic rings. The van der Waals surface area contributed by atoms with E-state index in [1.807, 2.05) is 0 Å². The van der Waals surface area contributed by atoms with Crippen molar-refractivity contribution in [2.75, 3.05) is 26.2 Å². The summed E-state index contributed by atoms with van der Waals surface area (Å²) in [4.78, 5) is 36.1. The van der Waals surface area contributed by atoms with Gasteiger partial charge in [-0.3, -0.25) is 14.5 Å². The van der Waals surface area contributed by atoms with Crippen LogP contribution in [0, 0.1) is 0 Å². The molecule has 96 valence electrons. The quantitative estimate of drug-likeness (QED) is 0.591. The number of aliphatic carboxylic acids is 2. The van der Waals surface area contributed by atoms with Crippen LogP contribution in [0.4, 0.5) is 4.79 Å². The fourth-order valence-corrected chi connectivity index (χ4v) is 0.959. The average molecular weight is 246 g/mol. The summed E-state index contributed by atoms with van der Waals surface area (Å²) in [6.45, 7) is 0.860. The van der Waals surface area contributed by atoms with E-state index in [1.54, 1.807) is 6.92 Å². The summed E-state index contributed by atoms with van der Waals surface area (Å²) in [5, 5.41) is 17.0. The maximum absolute atomic E-state index is 10.8. The number of hydrogen-bond acceptors (Lipinski definition) is 5. The van der Waals surface area contributed by atoms with E-state index in [4.69, 9.17) is 10.2 Å². The summed E-state index contributed by atoms with van der Waals surface area (Å²) < 4.78 is 4.50. The first-order valence-electron chi connectivity index (χ1n) is 4.81. The molecule has 0 aromatic rings. The average Bonchev–Trinajstić information content (AvgIpc) is 2.15. The summed E-state index contributed by atoms with van der Waals surface area (Å²) >= 11 is 0. The number of carboxylic acids is 2. The van der Waals surface area contributed by atoms with Gasteiger partial charge in [0.05, 0.1) is 19.7 Å². The van der Waals surface area contributed by atoms with Gasteiger partial charge in [-0.25, -0.2) is 4.79 Å². The van der Waals surface area contributed by atoms with E-state index in [2.05, 4.69) is 9.73 Å². The monoisotopic (exact) mass is 246 g/mol. The van der Waals surface area contributed by atoms with Gasteiger partial charge in [0.25, 0.3) is 0 Å². The van der Waals surface area contributed by atoms with Crippen LogP contribution in [0.3, 0.4) is 0 Å². The predicted octanol–water partition coefficient (Wildman–Crippen LogP) is -0.315. The molecule has 0 bridgehead atoms.